The van der Waals surface area contributed by atoms with E-state index in [1.807, 2.05) is 21.0 Å². The van der Waals surface area contributed by atoms with Crippen LogP contribution in [0.4, 0.5) is 0 Å². The highest BCUT2D eigenvalue weighted by atomic mass is 16.5. The fourth-order valence-electron chi connectivity index (χ4n) is 2.66. The van der Waals surface area contributed by atoms with Crippen molar-refractivity contribution in [3.8, 4) is 0 Å². The van der Waals surface area contributed by atoms with Gasteiger partial charge in [-0.25, -0.2) is 0 Å². The Balaban J connectivity index is 0.00000121. The molecule has 1 atom stereocenters. The molecule has 1 aliphatic heterocycles. The fraction of sp³-hybridized carbons (Fsp3) is 1.00. The molecule has 17 heavy (non-hydrogen) atoms. The van der Waals surface area contributed by atoms with E-state index in [-0.39, 0.29) is 0 Å². The molecule has 0 aromatic rings. The predicted octanol–water partition coefficient (Wildman–Crippen LogP) is 3.95. The number of ether oxygens (including phenoxy) is 1. The van der Waals surface area contributed by atoms with Gasteiger partial charge in [0.05, 0.1) is 6.10 Å². The SMILES string of the molecule is CC.CCCC(CCC)CN1CCC(OC)C1. The first-order chi connectivity index (χ1) is 8.30. The van der Waals surface area contributed by atoms with Gasteiger partial charge in [0.15, 0.2) is 0 Å². The lowest BCUT2D eigenvalue weighted by Gasteiger charge is -2.23. The van der Waals surface area contributed by atoms with E-state index in [4.69, 9.17) is 4.74 Å². The summed E-state index contributed by atoms with van der Waals surface area (Å²) in [4.78, 5) is 2.59. The third-order valence-electron chi connectivity index (χ3n) is 3.47. The van der Waals surface area contributed by atoms with E-state index in [2.05, 4.69) is 18.7 Å². The lowest BCUT2D eigenvalue weighted by atomic mass is 9.98. The summed E-state index contributed by atoms with van der Waals surface area (Å²) in [6.45, 7) is 12.3. The second kappa shape index (κ2) is 11.0. The zero-order valence-electron chi connectivity index (χ0n) is 12.7. The lowest BCUT2D eigenvalue weighted by Crippen LogP contribution is -2.28. The topological polar surface area (TPSA) is 12.5 Å². The molecule has 1 rings (SSSR count). The standard InChI is InChI=1S/C13H27NO.C2H6/c1-4-6-12(7-5-2)10-14-9-8-13(11-14)15-3;1-2/h12-13H,4-11H2,1-3H3;1-2H3. The van der Waals surface area contributed by atoms with Crippen molar-refractivity contribution < 1.29 is 4.74 Å². The molecule has 2 nitrogen and oxygen atoms in total. The van der Waals surface area contributed by atoms with Crippen molar-refractivity contribution >= 4 is 0 Å². The highest BCUT2D eigenvalue weighted by molar-refractivity contribution is 4.77. The Kier molecular flexibility index (Phi) is 11.0. The Morgan fingerprint density at radius 1 is 1.18 bits per heavy atom. The van der Waals surface area contributed by atoms with Gasteiger partial charge in [-0.05, 0) is 25.2 Å². The van der Waals surface area contributed by atoms with Gasteiger partial charge in [-0.3, -0.25) is 0 Å². The van der Waals surface area contributed by atoms with Gasteiger partial charge < -0.3 is 9.64 Å². The molecule has 1 heterocycles. The van der Waals surface area contributed by atoms with E-state index >= 15 is 0 Å². The molecule has 0 radical (unpaired) electrons. The molecule has 0 aliphatic carbocycles. The summed E-state index contributed by atoms with van der Waals surface area (Å²) in [5.74, 6) is 0.913. The molecular formula is C15H33NO. The molecule has 0 amide bonds. The summed E-state index contributed by atoms with van der Waals surface area (Å²) in [6.07, 6.45) is 7.15. The van der Waals surface area contributed by atoms with E-state index in [0.29, 0.717) is 6.10 Å². The number of hydrogen-bond acceptors (Lipinski definition) is 2. The minimum Gasteiger partial charge on any atom is -0.380 e. The van der Waals surface area contributed by atoms with Crippen molar-refractivity contribution in [3.05, 3.63) is 0 Å². The molecule has 1 fully saturated rings. The minimum absolute atomic E-state index is 0.494. The van der Waals surface area contributed by atoms with Crippen molar-refractivity contribution in [2.45, 2.75) is 65.9 Å². The van der Waals surface area contributed by atoms with E-state index in [1.54, 1.807) is 0 Å². The van der Waals surface area contributed by atoms with Crippen LogP contribution >= 0.6 is 0 Å². The van der Waals surface area contributed by atoms with Gasteiger partial charge in [0.25, 0.3) is 0 Å². The van der Waals surface area contributed by atoms with Crippen LogP contribution in [-0.4, -0.2) is 37.7 Å². The zero-order valence-corrected chi connectivity index (χ0v) is 12.7. The highest BCUT2D eigenvalue weighted by Crippen LogP contribution is 2.19. The molecule has 1 aliphatic rings. The molecule has 0 bridgehead atoms. The largest absolute Gasteiger partial charge is 0.380 e. The average Bonchev–Trinajstić information content (AvgIpc) is 2.80. The summed E-state index contributed by atoms with van der Waals surface area (Å²) in [5.41, 5.74) is 0. The first kappa shape index (κ1) is 16.9. The average molecular weight is 243 g/mol. The minimum atomic E-state index is 0.494. The third kappa shape index (κ3) is 7.05. The Morgan fingerprint density at radius 2 is 1.76 bits per heavy atom. The van der Waals surface area contributed by atoms with Crippen molar-refractivity contribution in [1.29, 1.82) is 0 Å². The third-order valence-corrected chi connectivity index (χ3v) is 3.47. The van der Waals surface area contributed by atoms with Crippen molar-refractivity contribution in [2.24, 2.45) is 5.92 Å². The Hall–Kier alpha value is -0.0800. The van der Waals surface area contributed by atoms with Gasteiger partial charge >= 0.3 is 0 Å². The number of rotatable bonds is 7. The van der Waals surface area contributed by atoms with E-state index < -0.39 is 0 Å². The Bertz CT molecular complexity index is 155. The van der Waals surface area contributed by atoms with Gasteiger partial charge in [0.2, 0.25) is 0 Å². The molecule has 1 unspecified atom stereocenters. The number of nitrogens with zero attached hydrogens (tertiary/aromatic N) is 1. The summed E-state index contributed by atoms with van der Waals surface area (Å²) < 4.78 is 5.40. The molecule has 0 aromatic heterocycles. The molecule has 0 saturated carbocycles. The smallest absolute Gasteiger partial charge is 0.0710 e. The van der Waals surface area contributed by atoms with Crippen LogP contribution in [0.5, 0.6) is 0 Å². The second-order valence-corrected chi connectivity index (χ2v) is 4.85. The van der Waals surface area contributed by atoms with Crippen molar-refractivity contribution in [3.63, 3.8) is 0 Å². The molecule has 0 spiro atoms. The van der Waals surface area contributed by atoms with Crippen LogP contribution in [0.15, 0.2) is 0 Å². The first-order valence-corrected chi connectivity index (χ1v) is 7.55. The van der Waals surface area contributed by atoms with Crippen LogP contribution in [0.1, 0.15) is 59.8 Å². The van der Waals surface area contributed by atoms with Crippen molar-refractivity contribution in [1.82, 2.24) is 4.90 Å². The summed E-state index contributed by atoms with van der Waals surface area (Å²) >= 11 is 0. The zero-order chi connectivity index (χ0) is 13.1. The first-order valence-electron chi connectivity index (χ1n) is 7.55. The fourth-order valence-corrected chi connectivity index (χ4v) is 2.66. The normalized spacial score (nSPS) is 20.5. The van der Waals surface area contributed by atoms with Gasteiger partial charge in [0.1, 0.15) is 0 Å². The molecule has 104 valence electrons. The predicted molar refractivity (Wildman–Crippen MR) is 76.5 cm³/mol. The molecular weight excluding hydrogens is 210 g/mol. The highest BCUT2D eigenvalue weighted by Gasteiger charge is 2.23. The van der Waals surface area contributed by atoms with Gasteiger partial charge in [-0.15, -0.1) is 0 Å². The molecule has 1 saturated heterocycles. The van der Waals surface area contributed by atoms with Crippen LogP contribution in [0.25, 0.3) is 0 Å². The maximum absolute atomic E-state index is 5.40. The van der Waals surface area contributed by atoms with Gasteiger partial charge in [-0.2, -0.15) is 0 Å². The van der Waals surface area contributed by atoms with Crippen molar-refractivity contribution in [2.75, 3.05) is 26.7 Å². The number of hydrogen-bond donors (Lipinski definition) is 0. The second-order valence-electron chi connectivity index (χ2n) is 4.85. The lowest BCUT2D eigenvalue weighted by molar-refractivity contribution is 0.105. The number of methoxy groups -OCH3 is 1. The van der Waals surface area contributed by atoms with Crippen LogP contribution < -0.4 is 0 Å². The van der Waals surface area contributed by atoms with E-state index in [9.17, 15) is 0 Å². The van der Waals surface area contributed by atoms with Crippen LogP contribution in [0.2, 0.25) is 0 Å². The van der Waals surface area contributed by atoms with Crippen LogP contribution in [0.3, 0.4) is 0 Å². The monoisotopic (exact) mass is 243 g/mol. The summed E-state index contributed by atoms with van der Waals surface area (Å²) in [5, 5.41) is 0. The summed E-state index contributed by atoms with van der Waals surface area (Å²) in [7, 11) is 1.84. The van der Waals surface area contributed by atoms with E-state index in [1.165, 1.54) is 45.2 Å². The van der Waals surface area contributed by atoms with Crippen LogP contribution in [0, 0.1) is 5.92 Å². The van der Waals surface area contributed by atoms with Crippen LogP contribution in [-0.2, 0) is 4.74 Å². The molecule has 0 N–H and O–H groups in total. The quantitative estimate of drug-likeness (QED) is 0.671. The molecule has 0 aromatic carbocycles. The maximum atomic E-state index is 5.40. The Morgan fingerprint density at radius 3 is 2.18 bits per heavy atom. The van der Waals surface area contributed by atoms with E-state index in [0.717, 1.165) is 12.5 Å². The maximum Gasteiger partial charge on any atom is 0.0710 e. The van der Waals surface area contributed by atoms with Gasteiger partial charge in [-0.1, -0.05) is 40.5 Å². The summed E-state index contributed by atoms with van der Waals surface area (Å²) in [6, 6.07) is 0. The van der Waals surface area contributed by atoms with Gasteiger partial charge in [0, 0.05) is 26.7 Å². The number of likely N-dealkylation sites (tertiary alicyclic amines) is 1. The Labute approximate surface area is 109 Å². The molecule has 2 heteroatoms.